The van der Waals surface area contributed by atoms with E-state index in [1.807, 2.05) is 0 Å². The van der Waals surface area contributed by atoms with Crippen molar-refractivity contribution < 1.29 is 9.84 Å². The van der Waals surface area contributed by atoms with Crippen LogP contribution in [-0.2, 0) is 4.74 Å². The molecule has 0 heterocycles. The van der Waals surface area contributed by atoms with Crippen LogP contribution < -0.4 is 5.32 Å². The van der Waals surface area contributed by atoms with Crippen molar-refractivity contribution in [3.63, 3.8) is 0 Å². The van der Waals surface area contributed by atoms with Crippen molar-refractivity contribution >= 4 is 0 Å². The van der Waals surface area contributed by atoms with Crippen LogP contribution in [0.3, 0.4) is 0 Å². The first-order valence-electron chi connectivity index (χ1n) is 7.13. The second-order valence-corrected chi connectivity index (χ2v) is 5.18. The van der Waals surface area contributed by atoms with Crippen molar-refractivity contribution in [1.29, 1.82) is 0 Å². The molecule has 0 spiro atoms. The Morgan fingerprint density at radius 3 is 2.59 bits per heavy atom. The molecule has 1 atom stereocenters. The molecular formula is C14H31NO2. The van der Waals surface area contributed by atoms with Crippen LogP contribution in [0.15, 0.2) is 0 Å². The number of hydrogen-bond donors (Lipinski definition) is 2. The second-order valence-electron chi connectivity index (χ2n) is 5.18. The van der Waals surface area contributed by atoms with Gasteiger partial charge in [-0.3, -0.25) is 0 Å². The van der Waals surface area contributed by atoms with E-state index in [0.717, 1.165) is 25.5 Å². The molecule has 1 unspecified atom stereocenters. The molecule has 3 heteroatoms. The summed E-state index contributed by atoms with van der Waals surface area (Å²) < 4.78 is 5.43. The SMILES string of the molecule is CCCCCNCC(O)COCCCC(C)C. The zero-order chi connectivity index (χ0) is 12.9. The lowest BCUT2D eigenvalue weighted by Crippen LogP contribution is -2.31. The lowest BCUT2D eigenvalue weighted by molar-refractivity contribution is 0.0348. The highest BCUT2D eigenvalue weighted by Gasteiger charge is 2.03. The second kappa shape index (κ2) is 12.3. The molecule has 0 aromatic heterocycles. The van der Waals surface area contributed by atoms with E-state index >= 15 is 0 Å². The summed E-state index contributed by atoms with van der Waals surface area (Å²) in [6, 6.07) is 0. The van der Waals surface area contributed by atoms with Gasteiger partial charge in [0.05, 0.1) is 12.7 Å². The maximum Gasteiger partial charge on any atom is 0.0897 e. The molecule has 0 aliphatic heterocycles. The monoisotopic (exact) mass is 245 g/mol. The molecule has 0 aromatic rings. The van der Waals surface area contributed by atoms with Crippen LogP contribution in [0.1, 0.15) is 52.9 Å². The van der Waals surface area contributed by atoms with Crippen molar-refractivity contribution in [3.05, 3.63) is 0 Å². The summed E-state index contributed by atoms with van der Waals surface area (Å²) in [5, 5.41) is 12.9. The van der Waals surface area contributed by atoms with Crippen LogP contribution in [0.4, 0.5) is 0 Å². The van der Waals surface area contributed by atoms with Gasteiger partial charge in [-0.1, -0.05) is 33.6 Å². The van der Waals surface area contributed by atoms with Gasteiger partial charge in [-0.05, 0) is 31.7 Å². The summed E-state index contributed by atoms with van der Waals surface area (Å²) in [6.07, 6.45) is 5.62. The number of nitrogens with one attached hydrogen (secondary N) is 1. The summed E-state index contributed by atoms with van der Waals surface area (Å²) >= 11 is 0. The number of unbranched alkanes of at least 4 members (excludes halogenated alkanes) is 2. The molecule has 0 fully saturated rings. The van der Waals surface area contributed by atoms with Crippen molar-refractivity contribution in [3.8, 4) is 0 Å². The first-order valence-corrected chi connectivity index (χ1v) is 7.13. The highest BCUT2D eigenvalue weighted by Crippen LogP contribution is 2.03. The largest absolute Gasteiger partial charge is 0.389 e. The fraction of sp³-hybridized carbons (Fsp3) is 1.00. The van der Waals surface area contributed by atoms with E-state index in [0.29, 0.717) is 13.2 Å². The van der Waals surface area contributed by atoms with E-state index in [-0.39, 0.29) is 6.10 Å². The van der Waals surface area contributed by atoms with Crippen molar-refractivity contribution in [2.75, 3.05) is 26.3 Å². The smallest absolute Gasteiger partial charge is 0.0897 e. The average Bonchev–Trinajstić information content (AvgIpc) is 2.28. The molecule has 3 nitrogen and oxygen atoms in total. The predicted octanol–water partition coefficient (Wildman–Crippen LogP) is 2.58. The minimum atomic E-state index is -0.365. The summed E-state index contributed by atoms with van der Waals surface area (Å²) in [4.78, 5) is 0. The minimum Gasteiger partial charge on any atom is -0.389 e. The Hall–Kier alpha value is -0.120. The Bertz CT molecular complexity index is 151. The van der Waals surface area contributed by atoms with Crippen molar-refractivity contribution in [1.82, 2.24) is 5.32 Å². The van der Waals surface area contributed by atoms with E-state index in [1.54, 1.807) is 0 Å². The van der Waals surface area contributed by atoms with Gasteiger partial charge in [-0.2, -0.15) is 0 Å². The summed E-state index contributed by atoms with van der Waals surface area (Å²) in [5.41, 5.74) is 0. The van der Waals surface area contributed by atoms with E-state index in [4.69, 9.17) is 4.74 Å². The molecule has 17 heavy (non-hydrogen) atoms. The molecule has 0 saturated carbocycles. The zero-order valence-corrected chi connectivity index (χ0v) is 11.9. The molecule has 104 valence electrons. The zero-order valence-electron chi connectivity index (χ0n) is 11.9. The number of aliphatic hydroxyl groups is 1. The minimum absolute atomic E-state index is 0.365. The molecule has 0 saturated heterocycles. The van der Waals surface area contributed by atoms with Gasteiger partial charge in [0, 0.05) is 13.2 Å². The topological polar surface area (TPSA) is 41.5 Å². The van der Waals surface area contributed by atoms with Gasteiger partial charge >= 0.3 is 0 Å². The summed E-state index contributed by atoms with van der Waals surface area (Å²) in [7, 11) is 0. The standard InChI is InChI=1S/C14H31NO2/c1-4-5-6-9-15-11-14(16)12-17-10-7-8-13(2)3/h13-16H,4-12H2,1-3H3. The van der Waals surface area contributed by atoms with Gasteiger partial charge in [0.25, 0.3) is 0 Å². The molecule has 0 aromatic carbocycles. The average molecular weight is 245 g/mol. The van der Waals surface area contributed by atoms with Gasteiger partial charge in [-0.15, -0.1) is 0 Å². The van der Waals surface area contributed by atoms with Gasteiger partial charge in [0.2, 0.25) is 0 Å². The fourth-order valence-electron chi connectivity index (χ4n) is 1.64. The summed E-state index contributed by atoms with van der Waals surface area (Å²) in [5.74, 6) is 0.740. The van der Waals surface area contributed by atoms with Crippen LogP contribution in [0.2, 0.25) is 0 Å². The molecule has 0 radical (unpaired) electrons. The van der Waals surface area contributed by atoms with Gasteiger partial charge in [0.1, 0.15) is 0 Å². The third kappa shape index (κ3) is 13.8. The number of ether oxygens (including phenoxy) is 1. The number of hydrogen-bond acceptors (Lipinski definition) is 3. The van der Waals surface area contributed by atoms with Crippen LogP contribution >= 0.6 is 0 Å². The van der Waals surface area contributed by atoms with E-state index in [1.165, 1.54) is 25.7 Å². The molecule has 0 rings (SSSR count). The quantitative estimate of drug-likeness (QED) is 0.519. The van der Waals surface area contributed by atoms with Crippen molar-refractivity contribution in [2.24, 2.45) is 5.92 Å². The van der Waals surface area contributed by atoms with E-state index < -0.39 is 0 Å². The number of aliphatic hydroxyl groups excluding tert-OH is 1. The predicted molar refractivity (Wildman–Crippen MR) is 73.3 cm³/mol. The fourth-order valence-corrected chi connectivity index (χ4v) is 1.64. The summed E-state index contributed by atoms with van der Waals surface area (Å²) in [6.45, 7) is 9.50. The molecule has 2 N–H and O–H groups in total. The molecule has 0 bridgehead atoms. The lowest BCUT2D eigenvalue weighted by Gasteiger charge is -2.12. The van der Waals surface area contributed by atoms with Crippen LogP contribution in [0, 0.1) is 5.92 Å². The molecular weight excluding hydrogens is 214 g/mol. The lowest BCUT2D eigenvalue weighted by atomic mass is 10.1. The normalized spacial score (nSPS) is 13.2. The Balaban J connectivity index is 3.14. The first-order chi connectivity index (χ1) is 8.16. The van der Waals surface area contributed by atoms with E-state index in [2.05, 4.69) is 26.1 Å². The maximum atomic E-state index is 9.63. The Kier molecular flexibility index (Phi) is 12.3. The number of rotatable bonds is 12. The highest BCUT2D eigenvalue weighted by molar-refractivity contribution is 4.58. The highest BCUT2D eigenvalue weighted by atomic mass is 16.5. The van der Waals surface area contributed by atoms with E-state index in [9.17, 15) is 5.11 Å². The van der Waals surface area contributed by atoms with Crippen LogP contribution in [0.25, 0.3) is 0 Å². The molecule has 0 aliphatic carbocycles. The third-order valence-corrected chi connectivity index (χ3v) is 2.72. The first kappa shape index (κ1) is 16.9. The molecule has 0 aliphatic rings. The Labute approximate surface area is 107 Å². The van der Waals surface area contributed by atoms with Crippen LogP contribution in [-0.4, -0.2) is 37.5 Å². The van der Waals surface area contributed by atoms with Crippen molar-refractivity contribution in [2.45, 2.75) is 59.0 Å². The van der Waals surface area contributed by atoms with Gasteiger partial charge in [0.15, 0.2) is 0 Å². The van der Waals surface area contributed by atoms with Gasteiger partial charge in [-0.25, -0.2) is 0 Å². The third-order valence-electron chi connectivity index (χ3n) is 2.72. The van der Waals surface area contributed by atoms with Gasteiger partial charge < -0.3 is 15.2 Å². The maximum absolute atomic E-state index is 9.63. The Morgan fingerprint density at radius 2 is 1.94 bits per heavy atom. The molecule has 0 amide bonds. The van der Waals surface area contributed by atoms with Crippen LogP contribution in [0.5, 0.6) is 0 Å². The Morgan fingerprint density at radius 1 is 1.18 bits per heavy atom.